The molecule has 23 heavy (non-hydrogen) atoms. The Kier molecular flexibility index (Phi) is 5.85. The average Bonchev–Trinajstić information content (AvgIpc) is 2.51. The number of likely N-dealkylation sites (N-methyl/N-ethyl adjacent to an activating group) is 1. The van der Waals surface area contributed by atoms with Gasteiger partial charge in [0.25, 0.3) is 5.91 Å². The minimum atomic E-state index is -0.445. The summed E-state index contributed by atoms with van der Waals surface area (Å²) in [4.78, 5) is 13.5. The molecule has 2 aromatic rings. The summed E-state index contributed by atoms with van der Waals surface area (Å²) in [5.74, 6) is -0.306. The van der Waals surface area contributed by atoms with Crippen LogP contribution in [0.5, 0.6) is 5.75 Å². The standard InChI is InChI=1S/C17H16Cl2FNO2/c1-11-6-7-14(19)16(8-11)23-10-17(22)21(2)9-12-13(18)4-3-5-15(12)20/h3-8H,9-10H2,1-2H3. The van der Waals surface area contributed by atoms with Crippen LogP contribution in [0.25, 0.3) is 0 Å². The van der Waals surface area contributed by atoms with Crippen LogP contribution in [0.1, 0.15) is 11.1 Å². The van der Waals surface area contributed by atoms with E-state index in [0.29, 0.717) is 10.8 Å². The molecule has 0 saturated carbocycles. The van der Waals surface area contributed by atoms with E-state index in [9.17, 15) is 9.18 Å². The third-order valence-corrected chi connectivity index (χ3v) is 3.99. The summed E-state index contributed by atoms with van der Waals surface area (Å²) >= 11 is 12.0. The molecule has 2 aromatic carbocycles. The molecular weight excluding hydrogens is 340 g/mol. The van der Waals surface area contributed by atoms with Crippen LogP contribution in [0.4, 0.5) is 4.39 Å². The van der Waals surface area contributed by atoms with Gasteiger partial charge in [-0.05, 0) is 36.8 Å². The van der Waals surface area contributed by atoms with Gasteiger partial charge in [-0.15, -0.1) is 0 Å². The van der Waals surface area contributed by atoms with Crippen LogP contribution in [-0.2, 0) is 11.3 Å². The molecule has 0 aromatic heterocycles. The Bertz CT molecular complexity index is 701. The lowest BCUT2D eigenvalue weighted by Gasteiger charge is -2.19. The molecule has 0 radical (unpaired) electrons. The summed E-state index contributed by atoms with van der Waals surface area (Å²) in [6.07, 6.45) is 0. The molecule has 0 saturated heterocycles. The maximum atomic E-state index is 13.8. The molecule has 0 fully saturated rings. The minimum absolute atomic E-state index is 0.0647. The van der Waals surface area contributed by atoms with Crippen molar-refractivity contribution in [1.29, 1.82) is 0 Å². The number of amides is 1. The van der Waals surface area contributed by atoms with Crippen molar-refractivity contribution in [2.75, 3.05) is 13.7 Å². The van der Waals surface area contributed by atoms with Crippen molar-refractivity contribution in [1.82, 2.24) is 4.90 Å². The molecule has 1 amide bonds. The van der Waals surface area contributed by atoms with Gasteiger partial charge in [0.1, 0.15) is 11.6 Å². The Balaban J connectivity index is 1.99. The van der Waals surface area contributed by atoms with Gasteiger partial charge in [0.15, 0.2) is 6.61 Å². The molecule has 0 aliphatic heterocycles. The fourth-order valence-corrected chi connectivity index (χ4v) is 2.37. The van der Waals surface area contributed by atoms with Gasteiger partial charge in [-0.3, -0.25) is 4.79 Å². The molecule has 0 aliphatic carbocycles. The smallest absolute Gasteiger partial charge is 0.260 e. The third-order valence-electron chi connectivity index (χ3n) is 3.32. The zero-order valence-corrected chi connectivity index (χ0v) is 14.3. The van der Waals surface area contributed by atoms with Crippen LogP contribution >= 0.6 is 23.2 Å². The molecule has 122 valence electrons. The summed E-state index contributed by atoms with van der Waals surface area (Å²) in [6, 6.07) is 9.72. The van der Waals surface area contributed by atoms with Crippen LogP contribution in [-0.4, -0.2) is 24.5 Å². The number of aryl methyl sites for hydroxylation is 1. The summed E-state index contributed by atoms with van der Waals surface area (Å²) in [5, 5.41) is 0.718. The van der Waals surface area contributed by atoms with Gasteiger partial charge in [0.05, 0.1) is 5.02 Å². The topological polar surface area (TPSA) is 29.5 Å². The zero-order chi connectivity index (χ0) is 17.0. The molecule has 2 rings (SSSR count). The maximum Gasteiger partial charge on any atom is 0.260 e. The molecule has 0 spiro atoms. The summed E-state index contributed by atoms with van der Waals surface area (Å²) in [6.45, 7) is 1.78. The van der Waals surface area contributed by atoms with Crippen molar-refractivity contribution in [2.45, 2.75) is 13.5 Å². The summed E-state index contributed by atoms with van der Waals surface area (Å²) in [5.41, 5.74) is 1.25. The van der Waals surface area contributed by atoms with Crippen LogP contribution < -0.4 is 4.74 Å². The van der Waals surface area contributed by atoms with Gasteiger partial charge in [-0.1, -0.05) is 35.3 Å². The van der Waals surface area contributed by atoms with Gasteiger partial charge < -0.3 is 9.64 Å². The fourth-order valence-electron chi connectivity index (χ4n) is 1.98. The van der Waals surface area contributed by atoms with Gasteiger partial charge in [-0.25, -0.2) is 4.39 Å². The van der Waals surface area contributed by atoms with E-state index >= 15 is 0 Å². The molecule has 0 N–H and O–H groups in total. The molecule has 0 unspecified atom stereocenters. The van der Waals surface area contributed by atoms with E-state index < -0.39 is 5.82 Å². The van der Waals surface area contributed by atoms with Crippen molar-refractivity contribution in [2.24, 2.45) is 0 Å². The van der Waals surface area contributed by atoms with Gasteiger partial charge >= 0.3 is 0 Å². The molecular formula is C17H16Cl2FNO2. The van der Waals surface area contributed by atoms with Gasteiger partial charge in [0, 0.05) is 24.2 Å². The highest BCUT2D eigenvalue weighted by molar-refractivity contribution is 6.32. The van der Waals surface area contributed by atoms with Crippen LogP contribution in [0, 0.1) is 12.7 Å². The van der Waals surface area contributed by atoms with Crippen LogP contribution in [0.15, 0.2) is 36.4 Å². The Hall–Kier alpha value is -1.78. The number of nitrogens with zero attached hydrogens (tertiary/aromatic N) is 1. The van der Waals surface area contributed by atoms with Crippen molar-refractivity contribution in [3.8, 4) is 5.75 Å². The van der Waals surface area contributed by atoms with Gasteiger partial charge in [-0.2, -0.15) is 0 Å². The predicted octanol–water partition coefficient (Wildman–Crippen LogP) is 4.48. The number of carbonyl (C=O) groups is 1. The van der Waals surface area contributed by atoms with E-state index in [2.05, 4.69) is 0 Å². The Morgan fingerprint density at radius 2 is 1.96 bits per heavy atom. The normalized spacial score (nSPS) is 10.5. The minimum Gasteiger partial charge on any atom is -0.482 e. The first-order valence-corrected chi connectivity index (χ1v) is 7.70. The van der Waals surface area contributed by atoms with Crippen molar-refractivity contribution in [3.05, 3.63) is 63.4 Å². The quantitative estimate of drug-likeness (QED) is 0.791. The number of hydrogen-bond acceptors (Lipinski definition) is 2. The molecule has 0 atom stereocenters. The molecule has 0 aliphatic rings. The van der Waals surface area contributed by atoms with Crippen LogP contribution in [0.3, 0.4) is 0 Å². The number of rotatable bonds is 5. The maximum absolute atomic E-state index is 13.8. The second-order valence-electron chi connectivity index (χ2n) is 5.17. The van der Waals surface area contributed by atoms with E-state index in [1.807, 2.05) is 13.0 Å². The number of halogens is 3. The van der Waals surface area contributed by atoms with E-state index in [0.717, 1.165) is 5.56 Å². The highest BCUT2D eigenvalue weighted by Gasteiger charge is 2.15. The first kappa shape index (κ1) is 17.6. The highest BCUT2D eigenvalue weighted by Crippen LogP contribution is 2.25. The lowest BCUT2D eigenvalue weighted by Crippen LogP contribution is -2.31. The lowest BCUT2D eigenvalue weighted by atomic mass is 10.2. The molecule has 0 heterocycles. The summed E-state index contributed by atoms with van der Waals surface area (Å²) < 4.78 is 19.2. The highest BCUT2D eigenvalue weighted by atomic mass is 35.5. The monoisotopic (exact) mass is 355 g/mol. The van der Waals surface area contributed by atoms with Crippen molar-refractivity contribution in [3.63, 3.8) is 0 Å². The predicted molar refractivity (Wildman–Crippen MR) is 89.6 cm³/mol. The van der Waals surface area contributed by atoms with Crippen molar-refractivity contribution >= 4 is 29.1 Å². The lowest BCUT2D eigenvalue weighted by molar-refractivity contribution is -0.132. The second kappa shape index (κ2) is 7.66. The summed E-state index contributed by atoms with van der Waals surface area (Å²) in [7, 11) is 1.56. The van der Waals surface area contributed by atoms with Crippen molar-refractivity contribution < 1.29 is 13.9 Å². The van der Waals surface area contributed by atoms with E-state index in [1.165, 1.54) is 17.0 Å². The van der Waals surface area contributed by atoms with E-state index in [1.54, 1.807) is 25.2 Å². The second-order valence-corrected chi connectivity index (χ2v) is 5.99. The number of benzene rings is 2. The van der Waals surface area contributed by atoms with E-state index in [4.69, 9.17) is 27.9 Å². The van der Waals surface area contributed by atoms with E-state index in [-0.39, 0.29) is 29.6 Å². The van der Waals surface area contributed by atoms with Gasteiger partial charge in [0.2, 0.25) is 0 Å². The number of ether oxygens (including phenoxy) is 1. The largest absolute Gasteiger partial charge is 0.482 e. The molecule has 3 nitrogen and oxygen atoms in total. The molecule has 0 bridgehead atoms. The Labute approximate surface area is 144 Å². The van der Waals surface area contributed by atoms with Crippen LogP contribution in [0.2, 0.25) is 10.0 Å². The third kappa shape index (κ3) is 4.60. The number of carbonyl (C=O) groups excluding carboxylic acids is 1. The fraction of sp³-hybridized carbons (Fsp3) is 0.235. The Morgan fingerprint density at radius 1 is 1.22 bits per heavy atom. The zero-order valence-electron chi connectivity index (χ0n) is 12.8. The Morgan fingerprint density at radius 3 is 2.65 bits per heavy atom. The first-order valence-electron chi connectivity index (χ1n) is 6.94. The molecule has 6 heteroatoms. The number of hydrogen-bond donors (Lipinski definition) is 0. The average molecular weight is 356 g/mol. The first-order chi connectivity index (χ1) is 10.9. The SMILES string of the molecule is Cc1ccc(Cl)c(OCC(=O)N(C)Cc2c(F)cccc2Cl)c1.